The molecular weight excluding hydrogens is 496 g/mol. The van der Waals surface area contributed by atoms with Gasteiger partial charge in [0.1, 0.15) is 6.04 Å². The second-order valence-corrected chi connectivity index (χ2v) is 11.1. The fourth-order valence-corrected chi connectivity index (χ4v) is 4.66. The van der Waals surface area contributed by atoms with Gasteiger partial charge in [0.15, 0.2) is 6.29 Å². The van der Waals surface area contributed by atoms with Crippen LogP contribution >= 0.6 is 0 Å². The molecule has 3 amide bonds. The first-order valence-electron chi connectivity index (χ1n) is 13.8. The van der Waals surface area contributed by atoms with E-state index in [1.54, 1.807) is 31.5 Å². The maximum atomic E-state index is 13.8. The Balaban J connectivity index is 1.76. The van der Waals surface area contributed by atoms with E-state index in [0.717, 1.165) is 25.7 Å². The largest absolute Gasteiger partial charge is 0.350 e. The number of hydrogen-bond acceptors (Lipinski definition) is 6. The molecule has 1 aromatic carbocycles. The predicted octanol–water partition coefficient (Wildman–Crippen LogP) is 4.50. The third-order valence-corrected chi connectivity index (χ3v) is 6.97. The molecular formula is C30H42N4O5. The first-order valence-corrected chi connectivity index (χ1v) is 13.8. The lowest BCUT2D eigenvalue weighted by Crippen LogP contribution is -2.55. The zero-order valence-corrected chi connectivity index (χ0v) is 23.5. The van der Waals surface area contributed by atoms with Crippen molar-refractivity contribution in [2.24, 2.45) is 11.3 Å². The number of hydroxylamine groups is 2. The summed E-state index contributed by atoms with van der Waals surface area (Å²) < 4.78 is 5.66. The van der Waals surface area contributed by atoms with E-state index in [9.17, 15) is 14.4 Å². The van der Waals surface area contributed by atoms with Gasteiger partial charge in [-0.1, -0.05) is 51.1 Å². The molecule has 1 fully saturated rings. The van der Waals surface area contributed by atoms with Gasteiger partial charge in [-0.25, -0.2) is 9.90 Å². The van der Waals surface area contributed by atoms with Crippen molar-refractivity contribution < 1.29 is 24.0 Å². The molecule has 9 heteroatoms. The molecule has 0 bridgehead atoms. The Kier molecular flexibility index (Phi) is 11.4. The first-order chi connectivity index (χ1) is 18.7. The lowest BCUT2D eigenvalue weighted by Gasteiger charge is -2.36. The zero-order chi connectivity index (χ0) is 28.3. The molecule has 3 unspecified atom stereocenters. The maximum Gasteiger partial charge on any atom is 0.247 e. The fraction of sp³-hybridized carbons (Fsp3) is 0.533. The number of nitrogens with one attached hydrogen (secondary N) is 2. The Bertz CT molecular complexity index is 1040. The number of benzene rings is 1. The van der Waals surface area contributed by atoms with Gasteiger partial charge in [-0.2, -0.15) is 0 Å². The lowest BCUT2D eigenvalue weighted by atomic mass is 9.84. The van der Waals surface area contributed by atoms with Gasteiger partial charge in [-0.05, 0) is 62.1 Å². The number of carbonyl (C=O) groups is 3. The number of pyridine rings is 1. The second-order valence-electron chi connectivity index (χ2n) is 11.1. The molecule has 0 aliphatic carbocycles. The average Bonchev–Trinajstić information content (AvgIpc) is 2.93. The summed E-state index contributed by atoms with van der Waals surface area (Å²) in [4.78, 5) is 49.1. The third-order valence-electron chi connectivity index (χ3n) is 6.97. The molecule has 4 atom stereocenters. The molecule has 212 valence electrons. The Hall–Kier alpha value is -3.30. The van der Waals surface area contributed by atoms with Crippen molar-refractivity contribution in [2.45, 2.75) is 84.6 Å². The molecule has 2 heterocycles. The highest BCUT2D eigenvalue weighted by atomic mass is 16.8. The van der Waals surface area contributed by atoms with Crippen molar-refractivity contribution in [2.75, 3.05) is 11.9 Å². The number of carbonyl (C=O) groups excluding carboxylic acids is 3. The second kappa shape index (κ2) is 14.7. The Labute approximate surface area is 231 Å². The van der Waals surface area contributed by atoms with Crippen LogP contribution in [0.5, 0.6) is 0 Å². The summed E-state index contributed by atoms with van der Waals surface area (Å²) in [6.07, 6.45) is 7.87. The Morgan fingerprint density at radius 3 is 2.54 bits per heavy atom. The van der Waals surface area contributed by atoms with Crippen LogP contribution in [0.25, 0.3) is 0 Å². The SMILES string of the molecule is CC(C(CCCc1ccccc1)C(=O)N[C@H](C(=O)Nc1cccnc1)C(C)(C)C)N(C=O)OC1CCCCO1. The molecule has 3 rings (SSSR count). The van der Waals surface area contributed by atoms with Gasteiger partial charge in [0.25, 0.3) is 0 Å². The van der Waals surface area contributed by atoms with E-state index in [1.165, 1.54) is 10.6 Å². The minimum absolute atomic E-state index is 0.308. The van der Waals surface area contributed by atoms with Crippen molar-refractivity contribution in [3.05, 3.63) is 60.4 Å². The molecule has 0 spiro atoms. The summed E-state index contributed by atoms with van der Waals surface area (Å²) >= 11 is 0. The third kappa shape index (κ3) is 9.44. The Morgan fingerprint density at radius 2 is 1.92 bits per heavy atom. The summed E-state index contributed by atoms with van der Waals surface area (Å²) in [7, 11) is 0. The van der Waals surface area contributed by atoms with Crippen molar-refractivity contribution >= 4 is 23.9 Å². The van der Waals surface area contributed by atoms with E-state index in [-0.39, 0.29) is 11.8 Å². The number of nitrogens with zero attached hydrogens (tertiary/aromatic N) is 2. The first kappa shape index (κ1) is 30.2. The monoisotopic (exact) mass is 538 g/mol. The summed E-state index contributed by atoms with van der Waals surface area (Å²) in [6, 6.07) is 12.1. The molecule has 1 saturated heterocycles. The molecule has 1 aromatic heterocycles. The number of rotatable bonds is 13. The van der Waals surface area contributed by atoms with Crippen molar-refractivity contribution in [3.63, 3.8) is 0 Å². The summed E-state index contributed by atoms with van der Waals surface area (Å²) in [5, 5.41) is 7.04. The summed E-state index contributed by atoms with van der Waals surface area (Å²) in [6.45, 7) is 8.07. The smallest absolute Gasteiger partial charge is 0.247 e. The fourth-order valence-electron chi connectivity index (χ4n) is 4.66. The van der Waals surface area contributed by atoms with E-state index in [0.29, 0.717) is 31.5 Å². The molecule has 0 saturated carbocycles. The number of ether oxygens (including phenoxy) is 1. The van der Waals surface area contributed by atoms with Crippen molar-refractivity contribution in [3.8, 4) is 0 Å². The average molecular weight is 539 g/mol. The minimum Gasteiger partial charge on any atom is -0.350 e. The van der Waals surface area contributed by atoms with E-state index in [1.807, 2.05) is 39.0 Å². The number of anilines is 1. The Morgan fingerprint density at radius 1 is 1.15 bits per heavy atom. The van der Waals surface area contributed by atoms with Crippen LogP contribution in [0.1, 0.15) is 65.4 Å². The van der Waals surface area contributed by atoms with Crippen molar-refractivity contribution in [1.29, 1.82) is 0 Å². The standard InChI is InChI=1S/C30H42N4O5/c1-22(34(21-35)39-26-17-8-9-19-38-26)25(16-10-14-23-12-6-5-7-13-23)28(36)33-27(30(2,3)4)29(37)32-24-15-11-18-31-20-24/h5-7,11-13,15,18,20-22,25-27H,8-10,14,16-17,19H2,1-4H3,(H,32,37)(H,33,36)/t22?,25?,26?,27-/m1/s1. The number of aromatic nitrogens is 1. The van der Waals surface area contributed by atoms with E-state index in [2.05, 4.69) is 27.8 Å². The van der Waals surface area contributed by atoms with Gasteiger partial charge in [-0.15, -0.1) is 0 Å². The predicted molar refractivity (Wildman–Crippen MR) is 149 cm³/mol. The zero-order valence-electron chi connectivity index (χ0n) is 23.5. The number of hydrogen-bond donors (Lipinski definition) is 2. The molecule has 0 radical (unpaired) electrons. The van der Waals surface area contributed by atoms with Gasteiger partial charge >= 0.3 is 0 Å². The minimum atomic E-state index is -0.818. The van der Waals surface area contributed by atoms with Crippen LogP contribution in [-0.2, 0) is 30.4 Å². The number of aryl methyl sites for hydroxylation is 1. The highest BCUT2D eigenvalue weighted by molar-refractivity contribution is 5.98. The maximum absolute atomic E-state index is 13.8. The van der Waals surface area contributed by atoms with Crippen LogP contribution in [0, 0.1) is 11.3 Å². The van der Waals surface area contributed by atoms with Gasteiger partial charge in [0.05, 0.1) is 23.8 Å². The van der Waals surface area contributed by atoms with Gasteiger partial charge < -0.3 is 15.4 Å². The molecule has 2 aromatic rings. The quantitative estimate of drug-likeness (QED) is 0.287. The molecule has 2 N–H and O–H groups in total. The lowest BCUT2D eigenvalue weighted by molar-refractivity contribution is -0.287. The van der Waals surface area contributed by atoms with Gasteiger partial charge in [-0.3, -0.25) is 19.4 Å². The van der Waals surface area contributed by atoms with Gasteiger partial charge in [0.2, 0.25) is 18.2 Å². The van der Waals surface area contributed by atoms with Crippen molar-refractivity contribution in [1.82, 2.24) is 15.4 Å². The number of amides is 3. The van der Waals surface area contributed by atoms with Crippen LogP contribution in [0.2, 0.25) is 0 Å². The highest BCUT2D eigenvalue weighted by Gasteiger charge is 2.37. The van der Waals surface area contributed by atoms with Crippen LogP contribution in [0.15, 0.2) is 54.9 Å². The van der Waals surface area contributed by atoms with E-state index >= 15 is 0 Å². The summed E-state index contributed by atoms with van der Waals surface area (Å²) in [5.41, 5.74) is 1.15. The molecule has 1 aliphatic heterocycles. The summed E-state index contributed by atoms with van der Waals surface area (Å²) in [5.74, 6) is -1.26. The van der Waals surface area contributed by atoms with Crippen LogP contribution in [0.3, 0.4) is 0 Å². The molecule has 1 aliphatic rings. The highest BCUT2D eigenvalue weighted by Crippen LogP contribution is 2.25. The topological polar surface area (TPSA) is 110 Å². The van der Waals surface area contributed by atoms with Gasteiger partial charge in [0, 0.05) is 19.2 Å². The van der Waals surface area contributed by atoms with Crippen LogP contribution in [-0.4, -0.2) is 53.3 Å². The van der Waals surface area contributed by atoms with Crippen LogP contribution < -0.4 is 10.6 Å². The molecule has 39 heavy (non-hydrogen) atoms. The normalized spacial score (nSPS) is 17.9. The molecule has 9 nitrogen and oxygen atoms in total. The van der Waals surface area contributed by atoms with Crippen LogP contribution in [0.4, 0.5) is 5.69 Å². The van der Waals surface area contributed by atoms with E-state index < -0.39 is 29.7 Å². The van der Waals surface area contributed by atoms with E-state index in [4.69, 9.17) is 9.57 Å².